The Labute approximate surface area is 86.9 Å². The van der Waals surface area contributed by atoms with Gasteiger partial charge in [0, 0.05) is 6.07 Å². The van der Waals surface area contributed by atoms with Crippen LogP contribution in [0.25, 0.3) is 0 Å². The summed E-state index contributed by atoms with van der Waals surface area (Å²) < 4.78 is 60.8. The van der Waals surface area contributed by atoms with Gasteiger partial charge in [0.15, 0.2) is 17.7 Å². The number of rotatable bonds is 3. The van der Waals surface area contributed by atoms with E-state index in [4.69, 9.17) is 5.11 Å². The summed E-state index contributed by atoms with van der Waals surface area (Å²) in [5, 5.41) is 10.5. The Morgan fingerprint density at radius 2 is 2.00 bits per heavy atom. The molecule has 0 aliphatic heterocycles. The molecule has 0 aromatic carbocycles. The second kappa shape index (κ2) is 4.60. The SMILES string of the molecule is OC(CNc1ncc(F)cc1F)C(F)(F)F. The molecule has 1 unspecified atom stereocenters. The summed E-state index contributed by atoms with van der Waals surface area (Å²) in [4.78, 5) is 3.19. The summed E-state index contributed by atoms with van der Waals surface area (Å²) in [5.74, 6) is -2.63. The predicted octanol–water partition coefficient (Wildman–Crippen LogP) is 1.69. The lowest BCUT2D eigenvalue weighted by Crippen LogP contribution is -2.35. The molecular weight excluding hydrogens is 235 g/mol. The molecule has 0 amide bonds. The zero-order chi connectivity index (χ0) is 12.3. The molecule has 0 radical (unpaired) electrons. The Bertz CT molecular complexity index is 368. The topological polar surface area (TPSA) is 45.1 Å². The van der Waals surface area contributed by atoms with Gasteiger partial charge >= 0.3 is 6.18 Å². The number of aromatic nitrogens is 1. The van der Waals surface area contributed by atoms with E-state index >= 15 is 0 Å². The highest BCUT2D eigenvalue weighted by Gasteiger charge is 2.38. The summed E-state index contributed by atoms with van der Waals surface area (Å²) in [6.45, 7) is -0.959. The van der Waals surface area contributed by atoms with Crippen LogP contribution in [-0.2, 0) is 0 Å². The van der Waals surface area contributed by atoms with E-state index in [2.05, 4.69) is 4.98 Å². The highest BCUT2D eigenvalue weighted by molar-refractivity contribution is 5.35. The number of pyridine rings is 1. The lowest BCUT2D eigenvalue weighted by molar-refractivity contribution is -0.198. The largest absolute Gasteiger partial charge is 0.416 e. The van der Waals surface area contributed by atoms with Crippen LogP contribution in [0.4, 0.5) is 27.8 Å². The van der Waals surface area contributed by atoms with Crippen molar-refractivity contribution in [3.63, 3.8) is 0 Å². The molecule has 1 atom stereocenters. The molecule has 16 heavy (non-hydrogen) atoms. The molecule has 1 rings (SSSR count). The van der Waals surface area contributed by atoms with Crippen molar-refractivity contribution in [3.05, 3.63) is 23.9 Å². The first-order valence-corrected chi connectivity index (χ1v) is 4.10. The Morgan fingerprint density at radius 1 is 1.38 bits per heavy atom. The van der Waals surface area contributed by atoms with Crippen LogP contribution in [0, 0.1) is 11.6 Å². The van der Waals surface area contributed by atoms with E-state index in [9.17, 15) is 22.0 Å². The van der Waals surface area contributed by atoms with E-state index in [0.717, 1.165) is 0 Å². The summed E-state index contributed by atoms with van der Waals surface area (Å²) in [6, 6.07) is 0.468. The number of nitrogens with zero attached hydrogens (tertiary/aromatic N) is 1. The number of alkyl halides is 3. The zero-order valence-corrected chi connectivity index (χ0v) is 7.72. The molecular formula is C8H7F5N2O. The molecule has 1 heterocycles. The number of anilines is 1. The molecule has 0 fully saturated rings. The number of aliphatic hydroxyl groups is 1. The van der Waals surface area contributed by atoms with Gasteiger partial charge in [0.05, 0.1) is 12.7 Å². The van der Waals surface area contributed by atoms with Crippen molar-refractivity contribution in [2.45, 2.75) is 12.3 Å². The molecule has 90 valence electrons. The lowest BCUT2D eigenvalue weighted by atomic mass is 10.3. The maximum atomic E-state index is 12.9. The average Bonchev–Trinajstić information content (AvgIpc) is 2.14. The molecule has 0 saturated heterocycles. The van der Waals surface area contributed by atoms with Crippen LogP contribution in [0.1, 0.15) is 0 Å². The minimum Gasteiger partial charge on any atom is -0.382 e. The minimum absolute atomic E-state index is 0.468. The highest BCUT2D eigenvalue weighted by atomic mass is 19.4. The normalized spacial score (nSPS) is 13.6. The molecule has 1 aromatic heterocycles. The van der Waals surface area contributed by atoms with Gasteiger partial charge in [-0.25, -0.2) is 13.8 Å². The maximum absolute atomic E-state index is 12.9. The van der Waals surface area contributed by atoms with Crippen LogP contribution < -0.4 is 5.32 Å². The summed E-state index contributed by atoms with van der Waals surface area (Å²) in [5.41, 5.74) is 0. The fourth-order valence-corrected chi connectivity index (χ4v) is 0.854. The maximum Gasteiger partial charge on any atom is 0.416 e. The van der Waals surface area contributed by atoms with Crippen molar-refractivity contribution in [3.8, 4) is 0 Å². The van der Waals surface area contributed by atoms with Gasteiger partial charge in [-0.15, -0.1) is 0 Å². The zero-order valence-electron chi connectivity index (χ0n) is 7.72. The first kappa shape index (κ1) is 12.6. The molecule has 0 aliphatic rings. The minimum atomic E-state index is -4.80. The Balaban J connectivity index is 2.62. The van der Waals surface area contributed by atoms with Crippen molar-refractivity contribution in [1.82, 2.24) is 4.98 Å². The first-order chi connectivity index (χ1) is 7.30. The van der Waals surface area contributed by atoms with Crippen molar-refractivity contribution in [2.24, 2.45) is 0 Å². The van der Waals surface area contributed by atoms with Gasteiger partial charge in [0.25, 0.3) is 0 Å². The number of hydrogen-bond donors (Lipinski definition) is 2. The van der Waals surface area contributed by atoms with Gasteiger partial charge in [0.2, 0.25) is 0 Å². The van der Waals surface area contributed by atoms with Crippen LogP contribution in [0.2, 0.25) is 0 Å². The van der Waals surface area contributed by atoms with Crippen LogP contribution in [0.15, 0.2) is 12.3 Å². The van der Waals surface area contributed by atoms with Crippen LogP contribution in [-0.4, -0.2) is 28.9 Å². The Kier molecular flexibility index (Phi) is 3.63. The number of nitrogens with one attached hydrogen (secondary N) is 1. The van der Waals surface area contributed by atoms with E-state index in [1.54, 1.807) is 0 Å². The smallest absolute Gasteiger partial charge is 0.382 e. The van der Waals surface area contributed by atoms with Crippen LogP contribution in [0.3, 0.4) is 0 Å². The van der Waals surface area contributed by atoms with Gasteiger partial charge in [-0.1, -0.05) is 0 Å². The van der Waals surface area contributed by atoms with Gasteiger partial charge in [-0.2, -0.15) is 13.2 Å². The van der Waals surface area contributed by atoms with E-state index < -0.39 is 36.3 Å². The molecule has 3 nitrogen and oxygen atoms in total. The monoisotopic (exact) mass is 242 g/mol. The second-order valence-corrected chi connectivity index (χ2v) is 2.92. The van der Waals surface area contributed by atoms with E-state index in [1.165, 1.54) is 0 Å². The van der Waals surface area contributed by atoms with Crippen molar-refractivity contribution in [2.75, 3.05) is 11.9 Å². The number of aliphatic hydroxyl groups excluding tert-OH is 1. The number of halogens is 5. The van der Waals surface area contributed by atoms with Crippen LogP contribution >= 0.6 is 0 Å². The van der Waals surface area contributed by atoms with E-state index in [0.29, 0.717) is 12.3 Å². The fourth-order valence-electron chi connectivity index (χ4n) is 0.854. The summed E-state index contributed by atoms with van der Waals surface area (Å²) >= 11 is 0. The van der Waals surface area contributed by atoms with Crippen LogP contribution in [0.5, 0.6) is 0 Å². The van der Waals surface area contributed by atoms with Gasteiger partial charge in [-0.05, 0) is 0 Å². The standard InChI is InChI=1S/C8H7F5N2O/c9-4-1-5(10)7(14-2-4)15-3-6(16)8(11,12)13/h1-2,6,16H,3H2,(H,14,15). The summed E-state index contributed by atoms with van der Waals surface area (Å²) in [7, 11) is 0. The van der Waals surface area contributed by atoms with Gasteiger partial charge in [0.1, 0.15) is 5.82 Å². The van der Waals surface area contributed by atoms with Crippen molar-refractivity contribution in [1.29, 1.82) is 0 Å². The lowest BCUT2D eigenvalue weighted by Gasteiger charge is -2.15. The van der Waals surface area contributed by atoms with Gasteiger partial charge < -0.3 is 10.4 Å². The molecule has 0 saturated carbocycles. The third-order valence-electron chi connectivity index (χ3n) is 1.65. The van der Waals surface area contributed by atoms with Crippen molar-refractivity contribution < 1.29 is 27.1 Å². The quantitative estimate of drug-likeness (QED) is 0.793. The first-order valence-electron chi connectivity index (χ1n) is 4.10. The second-order valence-electron chi connectivity index (χ2n) is 2.92. The van der Waals surface area contributed by atoms with Gasteiger partial charge in [-0.3, -0.25) is 0 Å². The molecule has 0 spiro atoms. The van der Waals surface area contributed by atoms with E-state index in [-0.39, 0.29) is 0 Å². The molecule has 8 heteroatoms. The fraction of sp³-hybridized carbons (Fsp3) is 0.375. The molecule has 0 aliphatic carbocycles. The third-order valence-corrected chi connectivity index (χ3v) is 1.65. The average molecular weight is 242 g/mol. The Hall–Kier alpha value is -1.44. The molecule has 0 bridgehead atoms. The van der Waals surface area contributed by atoms with E-state index in [1.807, 2.05) is 5.32 Å². The molecule has 2 N–H and O–H groups in total. The molecule has 1 aromatic rings. The summed E-state index contributed by atoms with van der Waals surface area (Å²) in [6.07, 6.45) is -6.80. The number of hydrogen-bond acceptors (Lipinski definition) is 3. The van der Waals surface area contributed by atoms with Crippen molar-refractivity contribution >= 4 is 5.82 Å². The Morgan fingerprint density at radius 3 is 2.50 bits per heavy atom. The highest BCUT2D eigenvalue weighted by Crippen LogP contribution is 2.20. The third kappa shape index (κ3) is 3.30. The predicted molar refractivity (Wildman–Crippen MR) is 44.7 cm³/mol.